The Morgan fingerprint density at radius 1 is 1.15 bits per heavy atom. The van der Waals surface area contributed by atoms with Crippen molar-refractivity contribution in [3.63, 3.8) is 0 Å². The van der Waals surface area contributed by atoms with Gasteiger partial charge >= 0.3 is 0 Å². The molecule has 1 fully saturated rings. The zero-order valence-electron chi connectivity index (χ0n) is 14.8. The van der Waals surface area contributed by atoms with Gasteiger partial charge in [-0.2, -0.15) is 0 Å². The number of nitrogens with one attached hydrogen (secondary N) is 1. The number of fused-ring (bicyclic) bond motifs is 2. The fourth-order valence-corrected chi connectivity index (χ4v) is 4.26. The molecule has 140 valence electrons. The summed E-state index contributed by atoms with van der Waals surface area (Å²) in [5, 5.41) is 3.68. The van der Waals surface area contributed by atoms with Gasteiger partial charge in [0.15, 0.2) is 0 Å². The molecule has 2 aliphatic heterocycles. The molecular weight excluding hydrogens is 385 g/mol. The normalized spacial score (nSPS) is 18.8. The van der Waals surface area contributed by atoms with Crippen LogP contribution in [0.1, 0.15) is 40.0 Å². The van der Waals surface area contributed by atoms with Gasteiger partial charge in [-0.25, -0.2) is 0 Å². The summed E-state index contributed by atoms with van der Waals surface area (Å²) in [7, 11) is 1.98. The second-order valence-corrected chi connectivity index (χ2v) is 7.74. The number of halogens is 2. The van der Waals surface area contributed by atoms with Crippen molar-refractivity contribution >= 4 is 46.4 Å². The van der Waals surface area contributed by atoms with E-state index in [1.165, 1.54) is 0 Å². The maximum Gasteiger partial charge on any atom is 0.257 e. The first-order valence-corrected chi connectivity index (χ1v) is 9.65. The molecule has 0 radical (unpaired) electrons. The lowest BCUT2D eigenvalue weighted by molar-refractivity contribution is 0.0589. The molecule has 0 saturated carbocycles. The van der Waals surface area contributed by atoms with Gasteiger partial charge in [0, 0.05) is 24.2 Å². The van der Waals surface area contributed by atoms with E-state index in [1.807, 2.05) is 11.9 Å². The molecule has 2 aromatic rings. The molecule has 0 aliphatic carbocycles. The predicted octanol–water partition coefficient (Wildman–Crippen LogP) is 4.65. The lowest BCUT2D eigenvalue weighted by Gasteiger charge is -2.46. The molecule has 27 heavy (non-hydrogen) atoms. The summed E-state index contributed by atoms with van der Waals surface area (Å²) in [6, 6.07) is 10.1. The van der Waals surface area contributed by atoms with Gasteiger partial charge in [-0.3, -0.25) is 9.59 Å². The zero-order chi connectivity index (χ0) is 19.1. The summed E-state index contributed by atoms with van der Waals surface area (Å²) < 4.78 is 0. The summed E-state index contributed by atoms with van der Waals surface area (Å²) in [4.78, 5) is 29.5. The van der Waals surface area contributed by atoms with Crippen LogP contribution in [0.5, 0.6) is 0 Å². The van der Waals surface area contributed by atoms with Crippen LogP contribution in [0.2, 0.25) is 10.0 Å². The third kappa shape index (κ3) is 3.26. The highest BCUT2D eigenvalue weighted by Gasteiger charge is 2.37. The minimum Gasteiger partial charge on any atom is -0.354 e. The number of anilines is 2. The number of carbonyl (C=O) groups excluding carboxylic acids is 2. The largest absolute Gasteiger partial charge is 0.354 e. The van der Waals surface area contributed by atoms with E-state index >= 15 is 0 Å². The van der Waals surface area contributed by atoms with Crippen LogP contribution in [0, 0.1) is 0 Å². The smallest absolute Gasteiger partial charge is 0.257 e. The van der Waals surface area contributed by atoms with Crippen molar-refractivity contribution in [2.45, 2.75) is 25.4 Å². The predicted molar refractivity (Wildman–Crippen MR) is 108 cm³/mol. The van der Waals surface area contributed by atoms with Crippen molar-refractivity contribution < 1.29 is 9.59 Å². The molecule has 2 heterocycles. The Morgan fingerprint density at radius 3 is 2.74 bits per heavy atom. The van der Waals surface area contributed by atoms with Gasteiger partial charge in [0.25, 0.3) is 11.8 Å². The number of rotatable bonds is 2. The van der Waals surface area contributed by atoms with Crippen molar-refractivity contribution in [3.8, 4) is 0 Å². The minimum absolute atomic E-state index is 0.0421. The topological polar surface area (TPSA) is 52.7 Å². The second-order valence-electron chi connectivity index (χ2n) is 6.90. The first kappa shape index (κ1) is 18.1. The van der Waals surface area contributed by atoms with Crippen molar-refractivity contribution in [2.75, 3.05) is 23.8 Å². The molecule has 1 atom stereocenters. The van der Waals surface area contributed by atoms with Crippen molar-refractivity contribution in [2.24, 2.45) is 0 Å². The number of nitrogens with zero attached hydrogens (tertiary/aromatic N) is 2. The van der Waals surface area contributed by atoms with Crippen molar-refractivity contribution in [1.82, 2.24) is 4.90 Å². The minimum atomic E-state index is -0.283. The van der Waals surface area contributed by atoms with Gasteiger partial charge in [-0.15, -0.1) is 0 Å². The Morgan fingerprint density at radius 2 is 1.96 bits per heavy atom. The molecule has 0 bridgehead atoms. The summed E-state index contributed by atoms with van der Waals surface area (Å²) >= 11 is 12.0. The average Bonchev–Trinajstić information content (AvgIpc) is 2.68. The summed E-state index contributed by atoms with van der Waals surface area (Å²) in [6.07, 6.45) is 3.14. The van der Waals surface area contributed by atoms with Gasteiger partial charge in [-0.1, -0.05) is 23.2 Å². The van der Waals surface area contributed by atoms with E-state index in [1.54, 1.807) is 36.4 Å². The van der Waals surface area contributed by atoms with Gasteiger partial charge in [-0.05, 0) is 55.7 Å². The SMILES string of the molecule is CN1c2cc(C(=O)Nc3ccc(Cl)cc3Cl)ccc2C(=O)N2CCCC[C@H]21. The third-order valence-electron chi connectivity index (χ3n) is 5.23. The molecule has 7 heteroatoms. The summed E-state index contributed by atoms with van der Waals surface area (Å²) in [6.45, 7) is 0.782. The van der Waals surface area contributed by atoms with Crippen molar-refractivity contribution in [3.05, 3.63) is 57.6 Å². The average molecular weight is 404 g/mol. The maximum atomic E-state index is 12.8. The van der Waals surface area contributed by atoms with Gasteiger partial charge < -0.3 is 15.1 Å². The molecule has 0 spiro atoms. The molecule has 0 aromatic heterocycles. The Balaban J connectivity index is 1.63. The zero-order valence-corrected chi connectivity index (χ0v) is 16.3. The Hall–Kier alpha value is -2.24. The maximum absolute atomic E-state index is 12.8. The van der Waals surface area contributed by atoms with Crippen LogP contribution < -0.4 is 10.2 Å². The number of carbonyl (C=O) groups is 2. The molecular formula is C20H19Cl2N3O2. The molecule has 0 unspecified atom stereocenters. The molecule has 4 rings (SSSR count). The summed E-state index contributed by atoms with van der Waals surface area (Å²) in [5.74, 6) is -0.241. The molecule has 2 aliphatic rings. The quantitative estimate of drug-likeness (QED) is 0.793. The second kappa shape index (κ2) is 7.06. The van der Waals surface area contributed by atoms with Crippen LogP contribution in [-0.4, -0.2) is 36.5 Å². The van der Waals surface area contributed by atoms with E-state index in [9.17, 15) is 9.59 Å². The highest BCUT2D eigenvalue weighted by Crippen LogP contribution is 2.35. The van der Waals surface area contributed by atoms with Crippen LogP contribution >= 0.6 is 23.2 Å². The van der Waals surface area contributed by atoms with E-state index in [-0.39, 0.29) is 18.0 Å². The Bertz CT molecular complexity index is 931. The van der Waals surface area contributed by atoms with Crippen LogP contribution in [0.4, 0.5) is 11.4 Å². The third-order valence-corrected chi connectivity index (χ3v) is 5.78. The van der Waals surface area contributed by atoms with Gasteiger partial charge in [0.2, 0.25) is 0 Å². The standard InChI is InChI=1S/C20H19Cl2N3O2/c1-24-17-10-12(19(26)23-16-8-6-13(21)11-15(16)22)5-7-14(17)20(27)25-9-3-2-4-18(24)25/h5-8,10-11,18H,2-4,9H2,1H3,(H,23,26)/t18-/m0/s1. The Kier molecular flexibility index (Phi) is 4.74. The number of piperidine rings is 1. The van der Waals surface area contributed by atoms with E-state index in [2.05, 4.69) is 10.2 Å². The van der Waals surface area contributed by atoms with E-state index in [0.717, 1.165) is 31.5 Å². The first-order valence-electron chi connectivity index (χ1n) is 8.90. The lowest BCUT2D eigenvalue weighted by Crippen LogP contribution is -2.55. The van der Waals surface area contributed by atoms with Crippen LogP contribution in [0.25, 0.3) is 0 Å². The van der Waals surface area contributed by atoms with E-state index in [0.29, 0.717) is 26.9 Å². The fourth-order valence-electron chi connectivity index (χ4n) is 3.80. The molecule has 2 aromatic carbocycles. The number of amides is 2. The van der Waals surface area contributed by atoms with Crippen molar-refractivity contribution in [1.29, 1.82) is 0 Å². The molecule has 2 amide bonds. The fraction of sp³-hybridized carbons (Fsp3) is 0.300. The highest BCUT2D eigenvalue weighted by atomic mass is 35.5. The number of hydrogen-bond acceptors (Lipinski definition) is 3. The molecule has 5 nitrogen and oxygen atoms in total. The lowest BCUT2D eigenvalue weighted by atomic mass is 9.97. The number of hydrogen-bond donors (Lipinski definition) is 1. The summed E-state index contributed by atoms with van der Waals surface area (Å²) in [5.41, 5.74) is 2.39. The molecule has 1 saturated heterocycles. The van der Waals surface area contributed by atoms with E-state index < -0.39 is 0 Å². The van der Waals surface area contributed by atoms with Gasteiger partial charge in [0.1, 0.15) is 6.17 Å². The highest BCUT2D eigenvalue weighted by molar-refractivity contribution is 6.36. The first-order chi connectivity index (χ1) is 13.0. The van der Waals surface area contributed by atoms with Gasteiger partial charge in [0.05, 0.1) is 22.0 Å². The van der Waals surface area contributed by atoms with Crippen LogP contribution in [-0.2, 0) is 0 Å². The molecule has 1 N–H and O–H groups in total. The van der Waals surface area contributed by atoms with Crippen LogP contribution in [0.3, 0.4) is 0 Å². The Labute approximate surface area is 167 Å². The number of benzene rings is 2. The van der Waals surface area contributed by atoms with Crippen LogP contribution in [0.15, 0.2) is 36.4 Å². The monoisotopic (exact) mass is 403 g/mol. The van der Waals surface area contributed by atoms with E-state index in [4.69, 9.17) is 23.2 Å².